The maximum absolute atomic E-state index is 9.95. The van der Waals surface area contributed by atoms with Crippen LogP contribution in [0.5, 0.6) is 0 Å². The van der Waals surface area contributed by atoms with E-state index < -0.39 is 0 Å². The first-order chi connectivity index (χ1) is 10.3. The van der Waals surface area contributed by atoms with Gasteiger partial charge in [-0.15, -0.1) is 0 Å². The van der Waals surface area contributed by atoms with Crippen LogP contribution in [0.25, 0.3) is 0 Å². The molecule has 0 aromatic heterocycles. The van der Waals surface area contributed by atoms with E-state index in [1.807, 2.05) is 0 Å². The zero-order chi connectivity index (χ0) is 15.3. The number of aliphatic hydroxyl groups excluding tert-OH is 1. The van der Waals surface area contributed by atoms with E-state index in [-0.39, 0.29) is 6.10 Å². The van der Waals surface area contributed by atoms with Crippen molar-refractivity contribution >= 4 is 11.8 Å². The topological polar surface area (TPSA) is 41.5 Å². The third-order valence-electron chi connectivity index (χ3n) is 4.23. The Morgan fingerprint density at radius 1 is 1.29 bits per heavy atom. The smallest absolute Gasteiger partial charge is 0.0897 e. The Morgan fingerprint density at radius 2 is 2.14 bits per heavy atom. The van der Waals surface area contributed by atoms with Crippen LogP contribution in [0.1, 0.15) is 58.8 Å². The van der Waals surface area contributed by atoms with Crippen LogP contribution in [0.4, 0.5) is 0 Å². The highest BCUT2D eigenvalue weighted by Gasteiger charge is 2.14. The molecule has 1 rings (SSSR count). The molecule has 0 bridgehead atoms. The second kappa shape index (κ2) is 12.7. The van der Waals surface area contributed by atoms with Crippen LogP contribution in [-0.4, -0.2) is 48.5 Å². The van der Waals surface area contributed by atoms with Crippen LogP contribution in [0.2, 0.25) is 0 Å². The van der Waals surface area contributed by atoms with Crippen LogP contribution >= 0.6 is 11.8 Å². The van der Waals surface area contributed by atoms with Gasteiger partial charge in [0.05, 0.1) is 12.7 Å². The van der Waals surface area contributed by atoms with Gasteiger partial charge >= 0.3 is 0 Å². The third-order valence-corrected chi connectivity index (χ3v) is 5.63. The minimum Gasteiger partial charge on any atom is -0.389 e. The van der Waals surface area contributed by atoms with Crippen molar-refractivity contribution in [1.82, 2.24) is 5.32 Å². The predicted molar refractivity (Wildman–Crippen MR) is 93.1 cm³/mol. The van der Waals surface area contributed by atoms with Gasteiger partial charge in [-0.3, -0.25) is 0 Å². The van der Waals surface area contributed by atoms with Gasteiger partial charge in [-0.05, 0) is 30.9 Å². The molecule has 1 saturated heterocycles. The van der Waals surface area contributed by atoms with Crippen molar-refractivity contribution in [2.45, 2.75) is 70.1 Å². The quantitative estimate of drug-likeness (QED) is 0.578. The minimum absolute atomic E-state index is 0.373. The molecule has 2 N–H and O–H groups in total. The fourth-order valence-corrected chi connectivity index (χ4v) is 3.98. The zero-order valence-corrected chi connectivity index (χ0v) is 14.8. The molecule has 1 aliphatic heterocycles. The first kappa shape index (κ1) is 19.3. The van der Waals surface area contributed by atoms with Crippen LogP contribution in [0.15, 0.2) is 0 Å². The van der Waals surface area contributed by atoms with Crippen molar-refractivity contribution in [2.75, 3.05) is 32.1 Å². The highest BCUT2D eigenvalue weighted by molar-refractivity contribution is 7.99. The monoisotopic (exact) mass is 317 g/mol. The molecule has 0 amide bonds. The van der Waals surface area contributed by atoms with E-state index in [2.05, 4.69) is 30.9 Å². The molecule has 0 spiro atoms. The number of aliphatic hydroxyl groups is 1. The first-order valence-electron chi connectivity index (χ1n) is 8.84. The molecular weight excluding hydrogens is 282 g/mol. The second-order valence-corrected chi connectivity index (χ2v) is 7.66. The Morgan fingerprint density at radius 3 is 2.81 bits per heavy atom. The van der Waals surface area contributed by atoms with E-state index in [1.165, 1.54) is 50.7 Å². The number of hydrogen-bond donors (Lipinski definition) is 2. The predicted octanol–water partition coefficient (Wildman–Crippen LogP) is 3.46. The molecule has 0 aromatic carbocycles. The summed E-state index contributed by atoms with van der Waals surface area (Å²) in [6.45, 7) is 7.40. The summed E-state index contributed by atoms with van der Waals surface area (Å²) in [6, 6.07) is 0. The molecule has 1 fully saturated rings. The molecule has 126 valence electrons. The summed E-state index contributed by atoms with van der Waals surface area (Å²) < 4.78 is 5.69. The molecule has 3 atom stereocenters. The Balaban J connectivity index is 1.98. The van der Waals surface area contributed by atoms with Crippen LogP contribution < -0.4 is 5.32 Å². The summed E-state index contributed by atoms with van der Waals surface area (Å²) in [5, 5.41) is 14.1. The second-order valence-electron chi connectivity index (χ2n) is 6.25. The molecule has 3 unspecified atom stereocenters. The fraction of sp³-hybridized carbons (Fsp3) is 1.00. The van der Waals surface area contributed by atoms with Crippen molar-refractivity contribution < 1.29 is 9.84 Å². The summed E-state index contributed by atoms with van der Waals surface area (Å²) in [4.78, 5) is 0. The molecule has 1 aliphatic rings. The normalized spacial score (nSPS) is 22.1. The number of unbranched alkanes of at least 4 members (excludes halogenated alkanes) is 1. The van der Waals surface area contributed by atoms with E-state index >= 15 is 0 Å². The molecular formula is C17H35NO2S. The lowest BCUT2D eigenvalue weighted by molar-refractivity contribution is 0.0194. The highest BCUT2D eigenvalue weighted by Crippen LogP contribution is 2.24. The van der Waals surface area contributed by atoms with Gasteiger partial charge in [-0.1, -0.05) is 39.5 Å². The van der Waals surface area contributed by atoms with Crippen molar-refractivity contribution in [2.24, 2.45) is 5.92 Å². The van der Waals surface area contributed by atoms with Crippen LogP contribution in [0.3, 0.4) is 0 Å². The molecule has 4 heteroatoms. The lowest BCUT2D eigenvalue weighted by Crippen LogP contribution is -2.35. The van der Waals surface area contributed by atoms with Gasteiger partial charge in [0.1, 0.15) is 0 Å². The number of thioether (sulfide) groups is 1. The Kier molecular flexibility index (Phi) is 11.7. The Bertz CT molecular complexity index is 235. The number of ether oxygens (including phenoxy) is 1. The van der Waals surface area contributed by atoms with Crippen molar-refractivity contribution in [1.29, 1.82) is 0 Å². The Labute approximate surface area is 135 Å². The summed E-state index contributed by atoms with van der Waals surface area (Å²) in [7, 11) is 0. The number of rotatable bonds is 12. The zero-order valence-electron chi connectivity index (χ0n) is 14.0. The van der Waals surface area contributed by atoms with E-state index in [0.29, 0.717) is 19.1 Å². The first-order valence-corrected chi connectivity index (χ1v) is 9.89. The number of hydrogen-bond acceptors (Lipinski definition) is 4. The van der Waals surface area contributed by atoms with Crippen LogP contribution in [0, 0.1) is 5.92 Å². The van der Waals surface area contributed by atoms with Gasteiger partial charge in [-0.25, -0.2) is 0 Å². The van der Waals surface area contributed by atoms with Gasteiger partial charge in [0, 0.05) is 24.9 Å². The third kappa shape index (κ3) is 9.77. The minimum atomic E-state index is -0.373. The molecule has 0 saturated carbocycles. The molecule has 0 radical (unpaired) electrons. The van der Waals surface area contributed by atoms with Crippen molar-refractivity contribution in [3.8, 4) is 0 Å². The fourth-order valence-electron chi connectivity index (χ4n) is 2.71. The summed E-state index contributed by atoms with van der Waals surface area (Å²) in [6.07, 6.45) is 8.64. The maximum atomic E-state index is 9.95. The maximum Gasteiger partial charge on any atom is 0.0897 e. The van der Waals surface area contributed by atoms with Crippen molar-refractivity contribution in [3.63, 3.8) is 0 Å². The molecule has 21 heavy (non-hydrogen) atoms. The summed E-state index contributed by atoms with van der Waals surface area (Å²) in [5.41, 5.74) is 0. The van der Waals surface area contributed by atoms with Gasteiger partial charge in [0.15, 0.2) is 0 Å². The lowest BCUT2D eigenvalue weighted by atomic mass is 10.0. The number of nitrogens with one attached hydrogen (secondary N) is 1. The molecule has 1 heterocycles. The van der Waals surface area contributed by atoms with E-state index in [9.17, 15) is 5.11 Å². The van der Waals surface area contributed by atoms with E-state index in [0.717, 1.165) is 18.4 Å². The van der Waals surface area contributed by atoms with E-state index in [4.69, 9.17) is 4.74 Å². The lowest BCUT2D eigenvalue weighted by Gasteiger charge is -2.22. The molecule has 0 aromatic rings. The van der Waals surface area contributed by atoms with Crippen molar-refractivity contribution in [3.05, 3.63) is 0 Å². The molecule has 3 nitrogen and oxygen atoms in total. The summed E-state index contributed by atoms with van der Waals surface area (Å²) in [5.74, 6) is 1.96. The SMILES string of the molecule is CCCCC(CC)COCC(O)CNCC1CCCCS1. The molecule has 0 aliphatic carbocycles. The van der Waals surface area contributed by atoms with Crippen LogP contribution in [-0.2, 0) is 4.74 Å². The van der Waals surface area contributed by atoms with Gasteiger partial charge in [0.25, 0.3) is 0 Å². The average molecular weight is 318 g/mol. The van der Waals surface area contributed by atoms with Gasteiger partial charge < -0.3 is 15.2 Å². The average Bonchev–Trinajstić information content (AvgIpc) is 2.51. The summed E-state index contributed by atoms with van der Waals surface area (Å²) >= 11 is 2.07. The Hall–Kier alpha value is 0.230. The van der Waals surface area contributed by atoms with Gasteiger partial charge in [-0.2, -0.15) is 11.8 Å². The highest BCUT2D eigenvalue weighted by atomic mass is 32.2. The largest absolute Gasteiger partial charge is 0.389 e. The van der Waals surface area contributed by atoms with Gasteiger partial charge in [0.2, 0.25) is 0 Å². The van der Waals surface area contributed by atoms with E-state index in [1.54, 1.807) is 0 Å². The standard InChI is InChI=1S/C17H35NO2S/c1-3-5-8-15(4-2)13-20-14-16(19)11-18-12-17-9-6-7-10-21-17/h15-19H,3-14H2,1-2H3.